The Hall–Kier alpha value is -0.823. The van der Waals surface area contributed by atoms with Crippen LogP contribution in [0.5, 0.6) is 0 Å². The molecule has 0 aromatic rings. The minimum atomic E-state index is -1.33. The van der Waals surface area contributed by atoms with Crippen molar-refractivity contribution in [3.63, 3.8) is 0 Å². The maximum atomic E-state index is 2.69. The quantitative estimate of drug-likeness (QED) is 0.497. The lowest BCUT2D eigenvalue weighted by Gasteiger charge is -2.32. The average molecular weight is 311 g/mol. The van der Waals surface area contributed by atoms with Crippen molar-refractivity contribution in [2.24, 2.45) is 0 Å². The summed E-state index contributed by atoms with van der Waals surface area (Å²) in [6.45, 7) is 5.26. The van der Waals surface area contributed by atoms with Crippen LogP contribution in [0, 0.1) is 0 Å². The van der Waals surface area contributed by atoms with Gasteiger partial charge in [0.1, 0.15) is 0 Å². The monoisotopic (exact) mass is 310 g/mol. The second kappa shape index (κ2) is 5.67. The van der Waals surface area contributed by atoms with Crippen LogP contribution in [0.4, 0.5) is 0 Å². The summed E-state index contributed by atoms with van der Waals surface area (Å²) < 4.78 is 0. The van der Waals surface area contributed by atoms with Crippen molar-refractivity contribution in [3.05, 3.63) is 46.6 Å². The molecule has 0 radical (unpaired) electrons. The fourth-order valence-corrected chi connectivity index (χ4v) is 7.87. The van der Waals surface area contributed by atoms with Crippen molar-refractivity contribution in [3.8, 4) is 0 Å². The molecule has 0 bridgehead atoms. The molecule has 4 aliphatic rings. The van der Waals surface area contributed by atoms with Crippen molar-refractivity contribution >= 4 is 8.07 Å². The molecule has 0 amide bonds. The molecule has 4 rings (SSSR count). The highest BCUT2D eigenvalue weighted by Gasteiger charge is 2.40. The van der Waals surface area contributed by atoms with Gasteiger partial charge in [-0.05, 0) is 78.3 Å². The molecular formula is C21H30Si. The van der Waals surface area contributed by atoms with Crippen molar-refractivity contribution in [1.29, 1.82) is 0 Å². The summed E-state index contributed by atoms with van der Waals surface area (Å²) in [6.07, 6.45) is 23.2. The molecule has 0 aliphatic heterocycles. The van der Waals surface area contributed by atoms with E-state index in [2.05, 4.69) is 37.4 Å². The summed E-state index contributed by atoms with van der Waals surface area (Å²) in [7, 11) is -1.33. The molecule has 0 nitrogen and oxygen atoms in total. The third-order valence-electron chi connectivity index (χ3n) is 6.60. The van der Waals surface area contributed by atoms with Gasteiger partial charge in [-0.2, -0.15) is 0 Å². The first-order valence-electron chi connectivity index (χ1n) is 9.48. The van der Waals surface area contributed by atoms with Crippen LogP contribution in [0.25, 0.3) is 0 Å². The Bertz CT molecular complexity index is 541. The molecule has 118 valence electrons. The third-order valence-corrected chi connectivity index (χ3v) is 10.7. The van der Waals surface area contributed by atoms with E-state index in [1.165, 1.54) is 57.8 Å². The second-order valence-corrected chi connectivity index (χ2v) is 13.4. The topological polar surface area (TPSA) is 0 Å². The summed E-state index contributed by atoms with van der Waals surface area (Å²) in [5.74, 6) is 0. The van der Waals surface area contributed by atoms with Crippen molar-refractivity contribution < 1.29 is 0 Å². The lowest BCUT2D eigenvalue weighted by atomic mass is 9.94. The first-order chi connectivity index (χ1) is 10.6. The SMILES string of the molecule is C[Si](C)(C1C=C2CCCCCCC2=C1)C1C=C2CCCC2=C1. The normalized spacial score (nSPS) is 26.6. The van der Waals surface area contributed by atoms with Gasteiger partial charge < -0.3 is 0 Å². The van der Waals surface area contributed by atoms with E-state index in [4.69, 9.17) is 0 Å². The zero-order chi connectivity index (χ0) is 15.2. The molecule has 2 fully saturated rings. The van der Waals surface area contributed by atoms with Gasteiger partial charge in [-0.3, -0.25) is 0 Å². The molecule has 0 spiro atoms. The largest absolute Gasteiger partial charge is 0.0768 e. The van der Waals surface area contributed by atoms with Crippen LogP contribution in [0.1, 0.15) is 57.8 Å². The highest BCUT2D eigenvalue weighted by molar-refractivity contribution is 6.82. The van der Waals surface area contributed by atoms with Gasteiger partial charge in [0.05, 0.1) is 8.07 Å². The number of hydrogen-bond donors (Lipinski definition) is 0. The predicted molar refractivity (Wildman–Crippen MR) is 98.9 cm³/mol. The van der Waals surface area contributed by atoms with Gasteiger partial charge in [0, 0.05) is 0 Å². The predicted octanol–water partition coefficient (Wildman–Crippen LogP) is 6.71. The van der Waals surface area contributed by atoms with E-state index in [1.54, 1.807) is 22.3 Å². The van der Waals surface area contributed by atoms with E-state index < -0.39 is 8.07 Å². The lowest BCUT2D eigenvalue weighted by molar-refractivity contribution is 0.615. The summed E-state index contributed by atoms with van der Waals surface area (Å²) >= 11 is 0. The van der Waals surface area contributed by atoms with Crippen molar-refractivity contribution in [1.82, 2.24) is 0 Å². The Morgan fingerprint density at radius 2 is 0.955 bits per heavy atom. The fraction of sp³-hybridized carbons (Fsp3) is 0.619. The average Bonchev–Trinajstić information content (AvgIpc) is 3.12. The van der Waals surface area contributed by atoms with Gasteiger partial charge in [-0.1, -0.05) is 50.2 Å². The summed E-state index contributed by atoms with van der Waals surface area (Å²) in [4.78, 5) is 0. The molecule has 0 aromatic heterocycles. The summed E-state index contributed by atoms with van der Waals surface area (Å²) in [5.41, 5.74) is 8.41. The Kier molecular flexibility index (Phi) is 3.80. The zero-order valence-corrected chi connectivity index (χ0v) is 15.3. The van der Waals surface area contributed by atoms with Gasteiger partial charge in [0.25, 0.3) is 0 Å². The van der Waals surface area contributed by atoms with E-state index in [-0.39, 0.29) is 0 Å². The highest BCUT2D eigenvalue weighted by atomic mass is 28.3. The molecule has 0 N–H and O–H groups in total. The lowest BCUT2D eigenvalue weighted by Crippen LogP contribution is -2.34. The highest BCUT2D eigenvalue weighted by Crippen LogP contribution is 2.49. The summed E-state index contributed by atoms with van der Waals surface area (Å²) in [6, 6.07) is 0. The van der Waals surface area contributed by atoms with Crippen LogP contribution in [0.2, 0.25) is 24.2 Å². The van der Waals surface area contributed by atoms with Crippen LogP contribution in [0.15, 0.2) is 46.6 Å². The van der Waals surface area contributed by atoms with Crippen LogP contribution in [-0.2, 0) is 0 Å². The molecule has 2 saturated carbocycles. The third kappa shape index (κ3) is 2.52. The van der Waals surface area contributed by atoms with Gasteiger partial charge in [0.2, 0.25) is 0 Å². The van der Waals surface area contributed by atoms with E-state index >= 15 is 0 Å². The van der Waals surface area contributed by atoms with E-state index in [0.717, 1.165) is 11.1 Å². The Morgan fingerprint density at radius 1 is 0.591 bits per heavy atom. The molecule has 0 saturated heterocycles. The van der Waals surface area contributed by atoms with Crippen LogP contribution >= 0.6 is 0 Å². The number of fused-ring (bicyclic) bond motifs is 2. The number of allylic oxidation sites excluding steroid dienone is 8. The Morgan fingerprint density at radius 3 is 1.36 bits per heavy atom. The molecule has 4 aliphatic carbocycles. The van der Waals surface area contributed by atoms with E-state index in [9.17, 15) is 0 Å². The van der Waals surface area contributed by atoms with Gasteiger partial charge in [-0.15, -0.1) is 0 Å². The Balaban J connectivity index is 1.58. The second-order valence-electron chi connectivity index (χ2n) is 8.41. The molecule has 0 atom stereocenters. The van der Waals surface area contributed by atoms with Crippen molar-refractivity contribution in [2.75, 3.05) is 0 Å². The van der Waals surface area contributed by atoms with Crippen LogP contribution < -0.4 is 0 Å². The standard InChI is InChI=1S/C21H30Si/c1-22(2,21-14-18-10-7-11-19(18)15-21)20-12-16-8-5-3-4-6-9-17(16)13-20/h12-15,20-21H,3-11H2,1-2H3. The zero-order valence-electron chi connectivity index (χ0n) is 14.3. The smallest absolute Gasteiger partial charge is 0.0699 e. The van der Waals surface area contributed by atoms with Crippen molar-refractivity contribution in [2.45, 2.75) is 82.0 Å². The molecule has 22 heavy (non-hydrogen) atoms. The number of hydrogen-bond acceptors (Lipinski definition) is 0. The van der Waals surface area contributed by atoms with E-state index in [0.29, 0.717) is 0 Å². The minimum absolute atomic E-state index is 0.771. The molecule has 1 heteroatoms. The molecular weight excluding hydrogens is 280 g/mol. The number of rotatable bonds is 2. The maximum absolute atomic E-state index is 2.69. The first kappa shape index (κ1) is 14.7. The molecule has 0 unspecified atom stereocenters. The maximum Gasteiger partial charge on any atom is 0.0699 e. The Labute approximate surface area is 137 Å². The molecule has 0 aromatic carbocycles. The van der Waals surface area contributed by atoms with E-state index in [1.807, 2.05) is 0 Å². The summed E-state index contributed by atoms with van der Waals surface area (Å²) in [5, 5.41) is 0. The van der Waals surface area contributed by atoms with Gasteiger partial charge >= 0.3 is 0 Å². The molecule has 0 heterocycles. The fourth-order valence-electron chi connectivity index (χ4n) is 4.90. The van der Waals surface area contributed by atoms with Crippen LogP contribution in [-0.4, -0.2) is 8.07 Å². The minimum Gasteiger partial charge on any atom is -0.0768 e. The van der Waals surface area contributed by atoms with Crippen LogP contribution in [0.3, 0.4) is 0 Å². The first-order valence-corrected chi connectivity index (χ1v) is 12.6. The van der Waals surface area contributed by atoms with Gasteiger partial charge in [0.15, 0.2) is 0 Å². The van der Waals surface area contributed by atoms with Gasteiger partial charge in [-0.25, -0.2) is 0 Å².